The Balaban J connectivity index is 1.42. The first kappa shape index (κ1) is 18.2. The van der Waals surface area contributed by atoms with Gasteiger partial charge in [-0.3, -0.25) is 4.79 Å². The van der Waals surface area contributed by atoms with Crippen LogP contribution in [-0.2, 0) is 9.53 Å². The highest BCUT2D eigenvalue weighted by Crippen LogP contribution is 2.48. The molecule has 136 valence electrons. The third-order valence-corrected chi connectivity index (χ3v) is 6.05. The van der Waals surface area contributed by atoms with E-state index < -0.39 is 0 Å². The van der Waals surface area contributed by atoms with Crippen LogP contribution >= 0.6 is 11.8 Å². The standard InChI is InChI=1S/C20H28N2O2S/c1-3-4-5-6-7-8-13-19(23)24-15-22-16(2)14-21-17-11-9-10-12-18(17)25-20(21)22/h9-12,14,20H,3-8,13,15H2,1-2H3. The number of esters is 1. The summed E-state index contributed by atoms with van der Waals surface area (Å²) in [5, 5.41) is 0. The van der Waals surface area contributed by atoms with E-state index in [4.69, 9.17) is 4.74 Å². The van der Waals surface area contributed by atoms with Gasteiger partial charge in [0.25, 0.3) is 0 Å². The first-order chi connectivity index (χ1) is 12.2. The number of thioether (sulfide) groups is 1. The summed E-state index contributed by atoms with van der Waals surface area (Å²) in [7, 11) is 0. The largest absolute Gasteiger partial charge is 0.444 e. The number of fused-ring (bicyclic) bond motifs is 3. The molecular weight excluding hydrogens is 332 g/mol. The van der Waals surface area contributed by atoms with Crippen LogP contribution in [0.1, 0.15) is 58.8 Å². The minimum atomic E-state index is -0.0812. The van der Waals surface area contributed by atoms with Crippen molar-refractivity contribution in [1.29, 1.82) is 0 Å². The van der Waals surface area contributed by atoms with Crippen molar-refractivity contribution in [2.75, 3.05) is 11.6 Å². The van der Waals surface area contributed by atoms with Crippen molar-refractivity contribution in [3.63, 3.8) is 0 Å². The lowest BCUT2D eigenvalue weighted by molar-refractivity contribution is -0.147. The Morgan fingerprint density at radius 1 is 1.16 bits per heavy atom. The molecule has 3 rings (SSSR count). The molecule has 2 heterocycles. The fourth-order valence-electron chi connectivity index (χ4n) is 3.29. The second kappa shape index (κ2) is 8.65. The van der Waals surface area contributed by atoms with Crippen molar-refractivity contribution in [3.05, 3.63) is 36.2 Å². The fraction of sp³-hybridized carbons (Fsp3) is 0.550. The lowest BCUT2D eigenvalue weighted by Crippen LogP contribution is -2.36. The smallest absolute Gasteiger partial charge is 0.307 e. The second-order valence-electron chi connectivity index (χ2n) is 6.72. The molecular formula is C20H28N2O2S. The molecule has 1 atom stereocenters. The van der Waals surface area contributed by atoms with Gasteiger partial charge in [-0.1, -0.05) is 62.9 Å². The number of nitrogens with zero attached hydrogens (tertiary/aromatic N) is 2. The topological polar surface area (TPSA) is 32.8 Å². The number of benzene rings is 1. The van der Waals surface area contributed by atoms with Crippen molar-refractivity contribution in [2.24, 2.45) is 0 Å². The molecule has 2 aliphatic heterocycles. The molecule has 0 N–H and O–H groups in total. The van der Waals surface area contributed by atoms with E-state index in [1.165, 1.54) is 36.3 Å². The van der Waals surface area contributed by atoms with E-state index in [-0.39, 0.29) is 11.5 Å². The highest BCUT2D eigenvalue weighted by atomic mass is 32.2. The zero-order valence-corrected chi connectivity index (χ0v) is 16.1. The third-order valence-electron chi connectivity index (χ3n) is 4.76. The summed E-state index contributed by atoms with van der Waals surface area (Å²) >= 11 is 1.81. The summed E-state index contributed by atoms with van der Waals surface area (Å²) in [5.41, 5.74) is 2.54. The molecule has 5 heteroatoms. The highest BCUT2D eigenvalue weighted by Gasteiger charge is 2.38. The van der Waals surface area contributed by atoms with Gasteiger partial charge in [-0.05, 0) is 25.5 Å². The lowest BCUT2D eigenvalue weighted by Gasteiger charge is -2.27. The average molecular weight is 361 g/mol. The Hall–Kier alpha value is -1.62. The Morgan fingerprint density at radius 2 is 1.92 bits per heavy atom. The van der Waals surface area contributed by atoms with Gasteiger partial charge < -0.3 is 14.5 Å². The number of carbonyl (C=O) groups is 1. The summed E-state index contributed by atoms with van der Waals surface area (Å²) in [6, 6.07) is 8.41. The Labute approximate surface area is 155 Å². The molecule has 0 amide bonds. The van der Waals surface area contributed by atoms with Crippen LogP contribution < -0.4 is 4.90 Å². The minimum Gasteiger partial charge on any atom is -0.444 e. The van der Waals surface area contributed by atoms with Gasteiger partial charge in [-0.15, -0.1) is 0 Å². The number of para-hydroxylation sites is 1. The number of carbonyl (C=O) groups excluding carboxylic acids is 1. The molecule has 0 spiro atoms. The SMILES string of the molecule is CCCCCCCCC(=O)OCN1C(C)=CN2c3ccccc3SC12. The maximum absolute atomic E-state index is 12.0. The lowest BCUT2D eigenvalue weighted by atomic mass is 10.1. The Bertz CT molecular complexity index is 632. The van der Waals surface area contributed by atoms with Crippen molar-refractivity contribution >= 4 is 23.4 Å². The van der Waals surface area contributed by atoms with Gasteiger partial charge in [0.1, 0.15) is 0 Å². The fourth-order valence-corrected chi connectivity index (χ4v) is 4.61. The normalized spacial score (nSPS) is 18.2. The number of rotatable bonds is 9. The molecule has 1 aromatic carbocycles. The van der Waals surface area contributed by atoms with Crippen molar-refractivity contribution < 1.29 is 9.53 Å². The number of unbranched alkanes of at least 4 members (excludes halogenated alkanes) is 5. The number of allylic oxidation sites excluding steroid dienone is 1. The molecule has 0 aromatic heterocycles. The summed E-state index contributed by atoms with van der Waals surface area (Å²) in [5.74, 6) is -0.0812. The predicted octanol–water partition coefficient (Wildman–Crippen LogP) is 5.31. The van der Waals surface area contributed by atoms with E-state index in [1.54, 1.807) is 0 Å². The van der Waals surface area contributed by atoms with E-state index in [0.29, 0.717) is 13.2 Å². The van der Waals surface area contributed by atoms with Gasteiger partial charge in [-0.25, -0.2) is 0 Å². The molecule has 0 saturated carbocycles. The molecule has 4 nitrogen and oxygen atoms in total. The molecule has 0 saturated heterocycles. The average Bonchev–Trinajstić information content (AvgIpc) is 3.11. The van der Waals surface area contributed by atoms with Crippen LogP contribution in [0, 0.1) is 0 Å². The van der Waals surface area contributed by atoms with Gasteiger partial charge in [0.2, 0.25) is 0 Å². The number of hydrogen-bond acceptors (Lipinski definition) is 5. The van der Waals surface area contributed by atoms with Crippen molar-refractivity contribution in [3.8, 4) is 0 Å². The minimum absolute atomic E-state index is 0.0812. The second-order valence-corrected chi connectivity index (χ2v) is 7.82. The predicted molar refractivity (Wildman–Crippen MR) is 103 cm³/mol. The summed E-state index contributed by atoms with van der Waals surface area (Å²) in [6.45, 7) is 4.62. The third kappa shape index (κ3) is 4.32. The molecule has 0 aliphatic carbocycles. The summed E-state index contributed by atoms with van der Waals surface area (Å²) in [6.07, 6.45) is 9.79. The van der Waals surface area contributed by atoms with Crippen LogP contribution in [0.3, 0.4) is 0 Å². The number of hydrogen-bond donors (Lipinski definition) is 0. The van der Waals surface area contributed by atoms with Crippen LogP contribution in [0.15, 0.2) is 41.1 Å². The van der Waals surface area contributed by atoms with Crippen LogP contribution in [0.25, 0.3) is 0 Å². The van der Waals surface area contributed by atoms with Crippen molar-refractivity contribution in [2.45, 2.75) is 69.2 Å². The van der Waals surface area contributed by atoms with E-state index in [2.05, 4.69) is 54.1 Å². The van der Waals surface area contributed by atoms with E-state index in [0.717, 1.165) is 18.5 Å². The molecule has 1 aromatic rings. The van der Waals surface area contributed by atoms with Gasteiger partial charge in [0, 0.05) is 23.2 Å². The zero-order chi connectivity index (χ0) is 17.6. The molecule has 0 fully saturated rings. The van der Waals surface area contributed by atoms with Crippen LogP contribution in [0.5, 0.6) is 0 Å². The van der Waals surface area contributed by atoms with E-state index in [1.807, 2.05) is 11.8 Å². The monoisotopic (exact) mass is 360 g/mol. The number of ether oxygens (including phenoxy) is 1. The quantitative estimate of drug-likeness (QED) is 0.440. The first-order valence-corrected chi connectivity index (χ1v) is 10.2. The van der Waals surface area contributed by atoms with Gasteiger partial charge in [0.15, 0.2) is 12.2 Å². The van der Waals surface area contributed by atoms with Gasteiger partial charge in [0.05, 0.1) is 5.69 Å². The van der Waals surface area contributed by atoms with Crippen molar-refractivity contribution in [1.82, 2.24) is 4.90 Å². The maximum atomic E-state index is 12.0. The summed E-state index contributed by atoms with van der Waals surface area (Å²) in [4.78, 5) is 17.7. The Kier molecular flexibility index (Phi) is 6.29. The van der Waals surface area contributed by atoms with Crippen LogP contribution in [0.2, 0.25) is 0 Å². The highest BCUT2D eigenvalue weighted by molar-refractivity contribution is 8.00. The zero-order valence-electron chi connectivity index (χ0n) is 15.2. The van der Waals surface area contributed by atoms with E-state index in [9.17, 15) is 4.79 Å². The molecule has 0 bridgehead atoms. The van der Waals surface area contributed by atoms with Crippen LogP contribution in [0.4, 0.5) is 5.69 Å². The van der Waals surface area contributed by atoms with Gasteiger partial charge in [-0.2, -0.15) is 0 Å². The molecule has 1 unspecified atom stereocenters. The summed E-state index contributed by atoms with van der Waals surface area (Å²) < 4.78 is 5.54. The molecule has 2 aliphatic rings. The Morgan fingerprint density at radius 3 is 2.76 bits per heavy atom. The molecule has 25 heavy (non-hydrogen) atoms. The van der Waals surface area contributed by atoms with Crippen LogP contribution in [-0.4, -0.2) is 23.1 Å². The maximum Gasteiger partial charge on any atom is 0.307 e. The number of anilines is 1. The van der Waals surface area contributed by atoms with Gasteiger partial charge >= 0.3 is 5.97 Å². The first-order valence-electron chi connectivity index (χ1n) is 9.35. The van der Waals surface area contributed by atoms with E-state index >= 15 is 0 Å². The molecule has 0 radical (unpaired) electrons.